The predicted molar refractivity (Wildman–Crippen MR) is 92.0 cm³/mol. The van der Waals surface area contributed by atoms with Crippen LogP contribution in [0, 0.1) is 6.92 Å². The van der Waals surface area contributed by atoms with Crippen molar-refractivity contribution in [2.75, 3.05) is 5.32 Å². The van der Waals surface area contributed by atoms with Gasteiger partial charge in [-0.05, 0) is 42.8 Å². The molecular weight excluding hydrogens is 326 g/mol. The maximum atomic E-state index is 12.5. The van der Waals surface area contributed by atoms with Crippen molar-refractivity contribution in [2.45, 2.75) is 13.8 Å². The maximum absolute atomic E-state index is 12.5. The van der Waals surface area contributed by atoms with Crippen molar-refractivity contribution in [1.82, 2.24) is 0 Å². The van der Waals surface area contributed by atoms with Crippen LogP contribution in [0.5, 0.6) is 17.2 Å². The van der Waals surface area contributed by atoms with E-state index in [2.05, 4.69) is 5.32 Å². The van der Waals surface area contributed by atoms with E-state index in [9.17, 15) is 24.9 Å². The number of nitrogens with one attached hydrogen (secondary N) is 1. The van der Waals surface area contributed by atoms with Crippen LogP contribution in [-0.4, -0.2) is 21.2 Å². The van der Waals surface area contributed by atoms with Gasteiger partial charge in [0.1, 0.15) is 0 Å². The zero-order valence-corrected chi connectivity index (χ0v) is 13.5. The molecule has 1 aromatic heterocycles. The molecule has 2 aromatic carbocycles. The molecule has 0 bridgehead atoms. The third kappa shape index (κ3) is 2.87. The monoisotopic (exact) mass is 341 g/mol. The van der Waals surface area contributed by atoms with Gasteiger partial charge in [0.2, 0.25) is 17.1 Å². The normalized spacial score (nSPS) is 10.8. The largest absolute Gasteiger partial charge is 0.504 e. The van der Waals surface area contributed by atoms with Crippen molar-refractivity contribution in [2.24, 2.45) is 0 Å². The number of carbonyl (C=O) groups excluding carboxylic acids is 1. The molecule has 0 atom stereocenters. The number of carbonyl (C=O) groups is 1. The summed E-state index contributed by atoms with van der Waals surface area (Å²) in [6.45, 7) is 3.07. The van der Waals surface area contributed by atoms with Gasteiger partial charge in [0, 0.05) is 12.5 Å². The average molecular weight is 341 g/mol. The van der Waals surface area contributed by atoms with Gasteiger partial charge in [-0.15, -0.1) is 0 Å². The minimum atomic E-state index is -0.667. The highest BCUT2D eigenvalue weighted by Gasteiger charge is 2.19. The number of anilines is 1. The summed E-state index contributed by atoms with van der Waals surface area (Å²) in [6.07, 6.45) is 0. The first-order valence-electron chi connectivity index (χ1n) is 7.38. The van der Waals surface area contributed by atoms with Gasteiger partial charge in [-0.25, -0.2) is 0 Å². The molecule has 0 radical (unpaired) electrons. The lowest BCUT2D eigenvalue weighted by molar-refractivity contribution is -0.114. The highest BCUT2D eigenvalue weighted by molar-refractivity contribution is 5.99. The number of phenolic OH excluding ortho intramolecular Hbond substituents is 2. The average Bonchev–Trinajstić information content (AvgIpc) is 2.53. The molecule has 0 aliphatic carbocycles. The smallest absolute Gasteiger partial charge is 0.235 e. The molecule has 1 heterocycles. The predicted octanol–water partition coefficient (Wildman–Crippen LogP) is 2.84. The standard InChI is InChI=1S/C18H15NO6/c1-8-5-11-15(23)16(24)17(10-3-4-13(21)14(22)7-10)25-18(11)12(6-8)19-9(2)20/h3-7,21-22,24H,1-2H3,(H,19,20). The SMILES string of the molecule is CC(=O)Nc1cc(C)cc2c(=O)c(O)c(-c3ccc(O)c(O)c3)oc12. The van der Waals surface area contributed by atoms with Gasteiger partial charge in [0.05, 0.1) is 11.1 Å². The Balaban J connectivity index is 2.36. The van der Waals surface area contributed by atoms with Gasteiger partial charge in [-0.3, -0.25) is 9.59 Å². The molecule has 128 valence electrons. The van der Waals surface area contributed by atoms with Gasteiger partial charge < -0.3 is 25.1 Å². The summed E-state index contributed by atoms with van der Waals surface area (Å²) < 4.78 is 5.68. The van der Waals surface area contributed by atoms with Gasteiger partial charge in [-0.2, -0.15) is 0 Å². The summed E-state index contributed by atoms with van der Waals surface area (Å²) in [7, 11) is 0. The number of benzene rings is 2. The Kier molecular flexibility index (Phi) is 3.84. The molecule has 0 saturated carbocycles. The number of amides is 1. The van der Waals surface area contributed by atoms with Crippen LogP contribution >= 0.6 is 0 Å². The highest BCUT2D eigenvalue weighted by atomic mass is 16.4. The van der Waals surface area contributed by atoms with Crippen LogP contribution in [0.4, 0.5) is 5.69 Å². The second-order valence-corrected chi connectivity index (χ2v) is 5.68. The lowest BCUT2D eigenvalue weighted by Crippen LogP contribution is -2.09. The van der Waals surface area contributed by atoms with E-state index in [0.717, 1.165) is 6.07 Å². The number of aryl methyl sites for hydroxylation is 1. The molecule has 0 aliphatic heterocycles. The van der Waals surface area contributed by atoms with Crippen molar-refractivity contribution in [1.29, 1.82) is 0 Å². The molecule has 0 saturated heterocycles. The van der Waals surface area contributed by atoms with Crippen molar-refractivity contribution in [3.05, 3.63) is 46.1 Å². The first-order valence-corrected chi connectivity index (χ1v) is 7.38. The van der Waals surface area contributed by atoms with Crippen molar-refractivity contribution in [3.63, 3.8) is 0 Å². The van der Waals surface area contributed by atoms with E-state index in [1.165, 1.54) is 19.1 Å². The molecule has 3 aromatic rings. The second-order valence-electron chi connectivity index (χ2n) is 5.68. The molecule has 0 aliphatic rings. The molecule has 0 unspecified atom stereocenters. The van der Waals surface area contributed by atoms with Crippen LogP contribution in [0.2, 0.25) is 0 Å². The van der Waals surface area contributed by atoms with E-state index in [1.54, 1.807) is 19.1 Å². The molecule has 0 spiro atoms. The summed E-state index contributed by atoms with van der Waals surface area (Å²) >= 11 is 0. The topological polar surface area (TPSA) is 120 Å². The molecule has 4 N–H and O–H groups in total. The Morgan fingerprint density at radius 2 is 1.80 bits per heavy atom. The fourth-order valence-corrected chi connectivity index (χ4v) is 2.58. The molecule has 25 heavy (non-hydrogen) atoms. The molecule has 7 heteroatoms. The second kappa shape index (κ2) is 5.86. The number of fused-ring (bicyclic) bond motifs is 1. The molecule has 3 rings (SSSR count). The maximum Gasteiger partial charge on any atom is 0.235 e. The third-order valence-corrected chi connectivity index (χ3v) is 3.66. The number of hydrogen-bond acceptors (Lipinski definition) is 6. The van der Waals surface area contributed by atoms with Gasteiger partial charge in [0.25, 0.3) is 0 Å². The van der Waals surface area contributed by atoms with Crippen LogP contribution in [0.15, 0.2) is 39.5 Å². The highest BCUT2D eigenvalue weighted by Crippen LogP contribution is 2.36. The minimum absolute atomic E-state index is 0.103. The van der Waals surface area contributed by atoms with Crippen LogP contribution in [0.3, 0.4) is 0 Å². The zero-order chi connectivity index (χ0) is 18.3. The van der Waals surface area contributed by atoms with Crippen LogP contribution in [0.25, 0.3) is 22.3 Å². The fraction of sp³-hybridized carbons (Fsp3) is 0.111. The number of hydrogen-bond donors (Lipinski definition) is 4. The molecule has 0 fully saturated rings. The third-order valence-electron chi connectivity index (χ3n) is 3.66. The molecular formula is C18H15NO6. The summed E-state index contributed by atoms with van der Waals surface area (Å²) in [5, 5.41) is 32.0. The van der Waals surface area contributed by atoms with Gasteiger partial charge in [-0.1, -0.05) is 0 Å². The van der Waals surface area contributed by atoms with E-state index >= 15 is 0 Å². The summed E-state index contributed by atoms with van der Waals surface area (Å²) in [5.41, 5.74) is 0.633. The summed E-state index contributed by atoms with van der Waals surface area (Å²) in [6, 6.07) is 6.93. The Morgan fingerprint density at radius 3 is 2.44 bits per heavy atom. The van der Waals surface area contributed by atoms with E-state index in [0.29, 0.717) is 11.3 Å². The molecule has 7 nitrogen and oxygen atoms in total. The van der Waals surface area contributed by atoms with E-state index in [4.69, 9.17) is 4.42 Å². The molecule has 1 amide bonds. The van der Waals surface area contributed by atoms with Gasteiger partial charge >= 0.3 is 0 Å². The van der Waals surface area contributed by atoms with Gasteiger partial charge in [0.15, 0.2) is 22.8 Å². The minimum Gasteiger partial charge on any atom is -0.504 e. The number of rotatable bonds is 2. The van der Waals surface area contributed by atoms with Crippen molar-refractivity contribution in [3.8, 4) is 28.6 Å². The Morgan fingerprint density at radius 1 is 1.08 bits per heavy atom. The lowest BCUT2D eigenvalue weighted by atomic mass is 10.1. The van der Waals surface area contributed by atoms with E-state index < -0.39 is 16.9 Å². The number of phenols is 2. The lowest BCUT2D eigenvalue weighted by Gasteiger charge is -2.11. The summed E-state index contributed by atoms with van der Waals surface area (Å²) in [4.78, 5) is 23.9. The van der Waals surface area contributed by atoms with E-state index in [-0.39, 0.29) is 33.9 Å². The Bertz CT molecular complexity index is 1070. The van der Waals surface area contributed by atoms with Crippen LogP contribution < -0.4 is 10.7 Å². The summed E-state index contributed by atoms with van der Waals surface area (Å²) in [5.74, 6) is -1.92. The van der Waals surface area contributed by atoms with Crippen LogP contribution in [-0.2, 0) is 4.79 Å². The Labute approximate surface area is 141 Å². The van der Waals surface area contributed by atoms with E-state index in [1.807, 2.05) is 0 Å². The fourth-order valence-electron chi connectivity index (χ4n) is 2.58. The zero-order valence-electron chi connectivity index (χ0n) is 13.5. The van der Waals surface area contributed by atoms with Crippen molar-refractivity contribution < 1.29 is 24.5 Å². The van der Waals surface area contributed by atoms with Crippen LogP contribution in [0.1, 0.15) is 12.5 Å². The van der Waals surface area contributed by atoms with Crippen molar-refractivity contribution >= 4 is 22.6 Å². The number of aromatic hydroxyl groups is 3. The Hall–Kier alpha value is -3.48. The first kappa shape index (κ1) is 16.4. The first-order chi connectivity index (χ1) is 11.8. The quantitative estimate of drug-likeness (QED) is 0.532.